The van der Waals surface area contributed by atoms with Gasteiger partial charge in [0.1, 0.15) is 33.4 Å². The van der Waals surface area contributed by atoms with Crippen LogP contribution in [0.3, 0.4) is 0 Å². The second kappa shape index (κ2) is 8.36. The van der Waals surface area contributed by atoms with Gasteiger partial charge < -0.3 is 35.0 Å². The molecule has 2 aromatic carbocycles. The van der Waals surface area contributed by atoms with Crippen molar-refractivity contribution in [3.8, 4) is 40.2 Å². The number of halogens is 1. The number of aromatic hydroxyl groups is 5. The standard InChI is InChI=1S/C19H19ClO9/c1-4-5-8(21)11-16(26)18(14(24)7(2)17(11)28-3)29-19(27)12-9(22)6-10(23)13(20)15(12)25/h6,22-26H,4-5H2,1-3H3. The summed E-state index contributed by atoms with van der Waals surface area (Å²) in [4.78, 5) is 24.9. The summed E-state index contributed by atoms with van der Waals surface area (Å²) in [5, 5.41) is 49.5. The summed E-state index contributed by atoms with van der Waals surface area (Å²) in [5.41, 5.74) is -1.09. The molecule has 0 radical (unpaired) electrons. The molecule has 0 saturated carbocycles. The van der Waals surface area contributed by atoms with E-state index in [1.165, 1.54) is 14.0 Å². The third-order valence-corrected chi connectivity index (χ3v) is 4.52. The van der Waals surface area contributed by atoms with Crippen molar-refractivity contribution in [1.29, 1.82) is 0 Å². The first-order chi connectivity index (χ1) is 13.6. The minimum Gasteiger partial charge on any atom is -0.507 e. The molecule has 0 aliphatic rings. The molecule has 0 aromatic heterocycles. The number of benzene rings is 2. The molecular formula is C19H19ClO9. The van der Waals surface area contributed by atoms with Crippen LogP contribution in [-0.2, 0) is 0 Å². The summed E-state index contributed by atoms with van der Waals surface area (Å²) >= 11 is 5.65. The largest absolute Gasteiger partial charge is 0.507 e. The van der Waals surface area contributed by atoms with E-state index >= 15 is 0 Å². The van der Waals surface area contributed by atoms with E-state index in [-0.39, 0.29) is 23.3 Å². The van der Waals surface area contributed by atoms with Crippen LogP contribution in [0.4, 0.5) is 0 Å². The maximum absolute atomic E-state index is 12.5. The van der Waals surface area contributed by atoms with E-state index in [2.05, 4.69) is 0 Å². The quantitative estimate of drug-likeness (QED) is 0.265. The van der Waals surface area contributed by atoms with E-state index in [1.54, 1.807) is 6.92 Å². The highest BCUT2D eigenvalue weighted by atomic mass is 35.5. The lowest BCUT2D eigenvalue weighted by atomic mass is 10.00. The van der Waals surface area contributed by atoms with Crippen LogP contribution in [0, 0.1) is 6.92 Å². The Hall–Kier alpha value is -3.33. The van der Waals surface area contributed by atoms with Gasteiger partial charge in [0.15, 0.2) is 23.0 Å². The zero-order valence-corrected chi connectivity index (χ0v) is 16.5. The van der Waals surface area contributed by atoms with Crippen molar-refractivity contribution in [2.24, 2.45) is 0 Å². The van der Waals surface area contributed by atoms with Crippen molar-refractivity contribution in [1.82, 2.24) is 0 Å². The molecule has 2 aromatic rings. The molecule has 0 aliphatic heterocycles. The molecule has 5 N–H and O–H groups in total. The van der Waals surface area contributed by atoms with Gasteiger partial charge >= 0.3 is 5.97 Å². The smallest absolute Gasteiger partial charge is 0.351 e. The predicted octanol–water partition coefficient (Wildman–Crippen LogP) is 3.39. The van der Waals surface area contributed by atoms with Gasteiger partial charge in [-0.2, -0.15) is 0 Å². The van der Waals surface area contributed by atoms with Crippen LogP contribution in [0.25, 0.3) is 0 Å². The summed E-state index contributed by atoms with van der Waals surface area (Å²) in [6, 6.07) is 0.702. The fourth-order valence-electron chi connectivity index (χ4n) is 2.72. The van der Waals surface area contributed by atoms with Crippen molar-refractivity contribution in [2.75, 3.05) is 7.11 Å². The first-order valence-electron chi connectivity index (χ1n) is 8.37. The minimum absolute atomic E-state index is 0.0183. The number of methoxy groups -OCH3 is 1. The Morgan fingerprint density at radius 3 is 2.14 bits per heavy atom. The van der Waals surface area contributed by atoms with Crippen molar-refractivity contribution < 1.29 is 44.6 Å². The topological polar surface area (TPSA) is 154 Å². The van der Waals surface area contributed by atoms with Gasteiger partial charge in [0.05, 0.1) is 7.11 Å². The zero-order chi connectivity index (χ0) is 22.0. The van der Waals surface area contributed by atoms with E-state index < -0.39 is 56.8 Å². The fourth-order valence-corrected chi connectivity index (χ4v) is 2.87. The first kappa shape index (κ1) is 22.0. The minimum atomic E-state index is -1.41. The lowest BCUT2D eigenvalue weighted by Crippen LogP contribution is -2.12. The van der Waals surface area contributed by atoms with Crippen molar-refractivity contribution in [3.05, 3.63) is 27.8 Å². The summed E-state index contributed by atoms with van der Waals surface area (Å²) in [5.74, 6) is -6.83. The molecule has 0 unspecified atom stereocenters. The number of ketones is 1. The Balaban J connectivity index is 2.64. The molecule has 0 saturated heterocycles. The van der Waals surface area contributed by atoms with Crippen LogP contribution in [-0.4, -0.2) is 44.4 Å². The van der Waals surface area contributed by atoms with Gasteiger partial charge in [-0.1, -0.05) is 18.5 Å². The third kappa shape index (κ3) is 3.81. The predicted molar refractivity (Wildman–Crippen MR) is 102 cm³/mol. The normalized spacial score (nSPS) is 10.6. The van der Waals surface area contributed by atoms with Gasteiger partial charge in [-0.15, -0.1) is 0 Å². The van der Waals surface area contributed by atoms with Gasteiger partial charge in [0.2, 0.25) is 5.75 Å². The number of carbonyl (C=O) groups is 2. The van der Waals surface area contributed by atoms with E-state index in [4.69, 9.17) is 21.1 Å². The maximum Gasteiger partial charge on any atom is 0.351 e. The van der Waals surface area contributed by atoms with Crippen LogP contribution in [0.1, 0.15) is 46.0 Å². The number of hydrogen-bond donors (Lipinski definition) is 5. The van der Waals surface area contributed by atoms with E-state index in [0.717, 1.165) is 0 Å². The molecule has 10 heteroatoms. The monoisotopic (exact) mass is 426 g/mol. The SMILES string of the molecule is CCCC(=O)c1c(O)c(OC(=O)c2c(O)cc(O)c(Cl)c2O)c(O)c(C)c1OC. The molecule has 0 bridgehead atoms. The summed E-state index contributed by atoms with van der Waals surface area (Å²) in [6.07, 6.45) is 0.515. The van der Waals surface area contributed by atoms with E-state index in [0.29, 0.717) is 12.5 Å². The number of hydrogen-bond acceptors (Lipinski definition) is 9. The molecule has 0 amide bonds. The summed E-state index contributed by atoms with van der Waals surface area (Å²) in [7, 11) is 1.24. The first-order valence-corrected chi connectivity index (χ1v) is 8.75. The Morgan fingerprint density at radius 1 is 0.966 bits per heavy atom. The Morgan fingerprint density at radius 2 is 1.59 bits per heavy atom. The van der Waals surface area contributed by atoms with Gasteiger partial charge in [-0.3, -0.25) is 4.79 Å². The fraction of sp³-hybridized carbons (Fsp3) is 0.263. The molecule has 9 nitrogen and oxygen atoms in total. The Labute approximate surface area is 170 Å². The third-order valence-electron chi connectivity index (χ3n) is 4.15. The summed E-state index contributed by atoms with van der Waals surface area (Å²) in [6.45, 7) is 3.12. The highest BCUT2D eigenvalue weighted by Gasteiger charge is 2.31. The van der Waals surface area contributed by atoms with Crippen LogP contribution in [0.5, 0.6) is 40.2 Å². The van der Waals surface area contributed by atoms with E-state index in [9.17, 15) is 35.1 Å². The van der Waals surface area contributed by atoms with Gasteiger partial charge in [-0.05, 0) is 13.3 Å². The number of phenolic OH excluding ortho intramolecular Hbond substituents is 5. The van der Waals surface area contributed by atoms with Crippen molar-refractivity contribution in [3.63, 3.8) is 0 Å². The van der Waals surface area contributed by atoms with Crippen molar-refractivity contribution >= 4 is 23.4 Å². The molecule has 156 valence electrons. The van der Waals surface area contributed by atoms with Crippen molar-refractivity contribution in [2.45, 2.75) is 26.7 Å². The van der Waals surface area contributed by atoms with Crippen LogP contribution in [0.15, 0.2) is 6.07 Å². The second-order valence-corrected chi connectivity index (χ2v) is 6.45. The highest BCUT2D eigenvalue weighted by molar-refractivity contribution is 6.34. The molecule has 0 heterocycles. The number of rotatable bonds is 6. The molecular weight excluding hydrogens is 408 g/mol. The second-order valence-electron chi connectivity index (χ2n) is 6.07. The average molecular weight is 427 g/mol. The molecule has 0 atom stereocenters. The van der Waals surface area contributed by atoms with Gasteiger partial charge in [0, 0.05) is 18.1 Å². The van der Waals surface area contributed by atoms with E-state index in [1.807, 2.05) is 0 Å². The summed E-state index contributed by atoms with van der Waals surface area (Å²) < 4.78 is 10.1. The number of phenols is 5. The molecule has 2 rings (SSSR count). The Bertz CT molecular complexity index is 998. The lowest BCUT2D eigenvalue weighted by Gasteiger charge is -2.18. The van der Waals surface area contributed by atoms with Crippen LogP contribution < -0.4 is 9.47 Å². The lowest BCUT2D eigenvalue weighted by molar-refractivity contribution is 0.0715. The average Bonchev–Trinajstić information content (AvgIpc) is 2.66. The number of carbonyl (C=O) groups excluding carboxylic acids is 2. The number of Topliss-reactive ketones (excluding diaryl/α,β-unsaturated/α-hetero) is 1. The number of esters is 1. The number of ether oxygens (including phenoxy) is 2. The molecule has 0 spiro atoms. The van der Waals surface area contributed by atoms with Gasteiger partial charge in [-0.25, -0.2) is 4.79 Å². The molecule has 0 fully saturated rings. The van der Waals surface area contributed by atoms with Gasteiger partial charge in [0.25, 0.3) is 0 Å². The van der Waals surface area contributed by atoms with Crippen LogP contribution in [0.2, 0.25) is 5.02 Å². The molecule has 29 heavy (non-hydrogen) atoms. The van der Waals surface area contributed by atoms with Crippen LogP contribution >= 0.6 is 11.6 Å². The highest BCUT2D eigenvalue weighted by Crippen LogP contribution is 2.49. The Kier molecular flexibility index (Phi) is 6.33. The zero-order valence-electron chi connectivity index (χ0n) is 15.7. The molecule has 0 aliphatic carbocycles. The maximum atomic E-state index is 12.5.